The van der Waals surface area contributed by atoms with Crippen molar-refractivity contribution >= 4 is 46.2 Å². The third-order valence-corrected chi connectivity index (χ3v) is 4.18. The van der Waals surface area contributed by atoms with Crippen LogP contribution in [0.5, 0.6) is 5.75 Å². The highest BCUT2D eigenvalue weighted by Gasteiger charge is 2.24. The average molecular weight is 331 g/mol. The van der Waals surface area contributed by atoms with Crippen LogP contribution in [-0.4, -0.2) is 16.2 Å². The number of phenolic OH excluding ortho intramolecular Hbond substituents is 1. The van der Waals surface area contributed by atoms with E-state index in [1.165, 1.54) is 11.8 Å². The maximum absolute atomic E-state index is 12.0. The van der Waals surface area contributed by atoms with Crippen molar-refractivity contribution in [2.75, 3.05) is 0 Å². The Hall–Kier alpha value is -2.24. The molecule has 0 unspecified atom stereocenters. The highest BCUT2D eigenvalue weighted by Crippen LogP contribution is 2.31. The molecule has 3 rings (SSSR count). The number of rotatable bonds is 2. The number of amidine groups is 1. The van der Waals surface area contributed by atoms with Gasteiger partial charge < -0.3 is 10.4 Å². The van der Waals surface area contributed by atoms with E-state index in [0.29, 0.717) is 26.3 Å². The van der Waals surface area contributed by atoms with E-state index in [4.69, 9.17) is 11.6 Å². The van der Waals surface area contributed by atoms with Crippen LogP contribution in [0.2, 0.25) is 5.02 Å². The molecular formula is C16H11ClN2O2S. The number of aromatic hydroxyl groups is 1. The second-order valence-corrected chi connectivity index (χ2v) is 5.93. The minimum absolute atomic E-state index is 0.125. The molecule has 1 saturated heterocycles. The van der Waals surface area contributed by atoms with E-state index in [1.807, 2.05) is 12.1 Å². The summed E-state index contributed by atoms with van der Waals surface area (Å²) in [6.07, 6.45) is 1.63. The number of benzene rings is 2. The summed E-state index contributed by atoms with van der Waals surface area (Å²) in [6, 6.07) is 14.0. The highest BCUT2D eigenvalue weighted by molar-refractivity contribution is 8.18. The van der Waals surface area contributed by atoms with Crippen molar-refractivity contribution in [2.24, 2.45) is 4.99 Å². The van der Waals surface area contributed by atoms with E-state index >= 15 is 0 Å². The van der Waals surface area contributed by atoms with Crippen LogP contribution in [0.15, 0.2) is 58.4 Å². The Kier molecular flexibility index (Phi) is 4.18. The lowest BCUT2D eigenvalue weighted by Crippen LogP contribution is -2.19. The minimum Gasteiger partial charge on any atom is -0.507 e. The summed E-state index contributed by atoms with van der Waals surface area (Å²) in [4.78, 5) is 16.8. The van der Waals surface area contributed by atoms with Gasteiger partial charge in [-0.05, 0) is 36.0 Å². The molecule has 0 spiro atoms. The lowest BCUT2D eigenvalue weighted by atomic mass is 10.2. The van der Waals surface area contributed by atoms with Crippen LogP contribution in [0.1, 0.15) is 5.56 Å². The molecule has 1 fully saturated rings. The van der Waals surface area contributed by atoms with Crippen molar-refractivity contribution in [2.45, 2.75) is 0 Å². The number of nitrogens with zero attached hydrogens (tertiary/aromatic N) is 1. The Morgan fingerprint density at radius 3 is 2.64 bits per heavy atom. The third-order valence-electron chi connectivity index (χ3n) is 2.95. The van der Waals surface area contributed by atoms with Crippen LogP contribution in [-0.2, 0) is 4.79 Å². The van der Waals surface area contributed by atoms with E-state index in [-0.39, 0.29) is 11.7 Å². The van der Waals surface area contributed by atoms with E-state index in [9.17, 15) is 9.90 Å². The molecule has 0 saturated carbocycles. The van der Waals surface area contributed by atoms with Gasteiger partial charge in [0.15, 0.2) is 5.17 Å². The molecule has 0 bridgehead atoms. The van der Waals surface area contributed by atoms with Crippen molar-refractivity contribution in [3.63, 3.8) is 0 Å². The number of amides is 1. The predicted molar refractivity (Wildman–Crippen MR) is 90.4 cm³/mol. The zero-order chi connectivity index (χ0) is 15.5. The number of hydrogen-bond donors (Lipinski definition) is 2. The summed E-state index contributed by atoms with van der Waals surface area (Å²) in [6.45, 7) is 0. The molecule has 1 aliphatic heterocycles. The lowest BCUT2D eigenvalue weighted by molar-refractivity contribution is -0.115. The van der Waals surface area contributed by atoms with Crippen LogP contribution in [0.25, 0.3) is 6.08 Å². The molecular weight excluding hydrogens is 320 g/mol. The van der Waals surface area contributed by atoms with Crippen molar-refractivity contribution in [3.05, 3.63) is 64.0 Å². The molecule has 0 atom stereocenters. The number of thioether (sulfide) groups is 1. The topological polar surface area (TPSA) is 61.7 Å². The number of halogens is 1. The molecule has 0 aliphatic carbocycles. The van der Waals surface area contributed by atoms with Gasteiger partial charge in [0.2, 0.25) is 0 Å². The summed E-state index contributed by atoms with van der Waals surface area (Å²) in [5.74, 6) is -0.126. The first-order chi connectivity index (χ1) is 10.6. The summed E-state index contributed by atoms with van der Waals surface area (Å²) in [7, 11) is 0. The van der Waals surface area contributed by atoms with Crippen LogP contribution < -0.4 is 5.32 Å². The van der Waals surface area contributed by atoms with Gasteiger partial charge in [-0.2, -0.15) is 0 Å². The van der Waals surface area contributed by atoms with E-state index in [0.717, 1.165) is 0 Å². The maximum Gasteiger partial charge on any atom is 0.264 e. The third kappa shape index (κ3) is 3.16. The summed E-state index contributed by atoms with van der Waals surface area (Å²) < 4.78 is 0. The largest absolute Gasteiger partial charge is 0.507 e. The number of hydrogen-bond acceptors (Lipinski definition) is 4. The first-order valence-corrected chi connectivity index (χ1v) is 7.65. The summed E-state index contributed by atoms with van der Waals surface area (Å²) in [5, 5.41) is 13.4. The molecule has 0 radical (unpaired) electrons. The number of nitrogens with one attached hydrogen (secondary N) is 1. The van der Waals surface area contributed by atoms with Gasteiger partial charge in [0, 0.05) is 5.56 Å². The second-order valence-electron chi connectivity index (χ2n) is 4.49. The van der Waals surface area contributed by atoms with Gasteiger partial charge in [0.1, 0.15) is 5.75 Å². The van der Waals surface area contributed by atoms with Gasteiger partial charge in [-0.25, -0.2) is 4.99 Å². The smallest absolute Gasteiger partial charge is 0.264 e. The number of carbonyl (C=O) groups is 1. The normalized spacial score (nSPS) is 18.0. The van der Waals surface area contributed by atoms with Gasteiger partial charge in [-0.3, -0.25) is 4.79 Å². The number of para-hydroxylation sites is 2. The summed E-state index contributed by atoms with van der Waals surface area (Å²) in [5.41, 5.74) is 1.18. The fraction of sp³-hybridized carbons (Fsp3) is 0. The molecule has 0 aromatic heterocycles. The Morgan fingerprint density at radius 2 is 1.86 bits per heavy atom. The molecule has 2 aromatic carbocycles. The molecule has 1 aliphatic rings. The fourth-order valence-corrected chi connectivity index (χ4v) is 2.89. The van der Waals surface area contributed by atoms with Gasteiger partial charge in [0.05, 0.1) is 15.6 Å². The monoisotopic (exact) mass is 330 g/mol. The van der Waals surface area contributed by atoms with Gasteiger partial charge in [0.25, 0.3) is 5.91 Å². The molecule has 2 aromatic rings. The molecule has 4 nitrogen and oxygen atoms in total. The van der Waals surface area contributed by atoms with Crippen molar-refractivity contribution in [1.82, 2.24) is 5.32 Å². The van der Waals surface area contributed by atoms with Crippen molar-refractivity contribution in [1.29, 1.82) is 0 Å². The fourth-order valence-electron chi connectivity index (χ4n) is 1.88. The van der Waals surface area contributed by atoms with Crippen LogP contribution >= 0.6 is 23.4 Å². The Morgan fingerprint density at radius 1 is 1.14 bits per heavy atom. The molecule has 2 N–H and O–H groups in total. The maximum atomic E-state index is 12.0. The molecule has 6 heteroatoms. The number of carbonyl (C=O) groups excluding carboxylic acids is 1. The highest BCUT2D eigenvalue weighted by atomic mass is 35.5. The average Bonchev–Trinajstić information content (AvgIpc) is 2.84. The predicted octanol–water partition coefficient (Wildman–Crippen LogP) is 3.94. The standard InChI is InChI=1S/C16H11ClN2O2S/c17-11-6-2-3-7-12(11)18-16-19-15(21)14(22-16)9-10-5-1-4-8-13(10)20/h1-9,20H,(H,18,19,21)/b14-9+. The van der Waals surface area contributed by atoms with Crippen LogP contribution in [0.3, 0.4) is 0 Å². The summed E-state index contributed by atoms with van der Waals surface area (Å²) >= 11 is 7.26. The van der Waals surface area contributed by atoms with Gasteiger partial charge >= 0.3 is 0 Å². The van der Waals surface area contributed by atoms with E-state index in [1.54, 1.807) is 42.5 Å². The Balaban J connectivity index is 1.88. The van der Waals surface area contributed by atoms with E-state index < -0.39 is 0 Å². The lowest BCUT2D eigenvalue weighted by Gasteiger charge is -1.98. The molecule has 1 amide bonds. The van der Waals surface area contributed by atoms with Gasteiger partial charge in [-0.1, -0.05) is 41.9 Å². The zero-order valence-corrected chi connectivity index (χ0v) is 12.9. The van der Waals surface area contributed by atoms with Crippen molar-refractivity contribution < 1.29 is 9.90 Å². The Bertz CT molecular complexity index is 802. The minimum atomic E-state index is -0.251. The quantitative estimate of drug-likeness (QED) is 0.820. The number of phenols is 1. The van der Waals surface area contributed by atoms with Gasteiger partial charge in [-0.15, -0.1) is 0 Å². The number of aliphatic imine (C=N–C) groups is 1. The van der Waals surface area contributed by atoms with Crippen molar-refractivity contribution in [3.8, 4) is 5.75 Å². The SMILES string of the molecule is O=C1NC(=Nc2ccccc2Cl)S/C1=C/c1ccccc1O. The van der Waals surface area contributed by atoms with Crippen LogP contribution in [0, 0.1) is 0 Å². The first-order valence-electron chi connectivity index (χ1n) is 6.45. The Labute approximate surface area is 136 Å². The van der Waals surface area contributed by atoms with Crippen LogP contribution in [0.4, 0.5) is 5.69 Å². The molecule has 1 heterocycles. The zero-order valence-electron chi connectivity index (χ0n) is 11.3. The molecule has 22 heavy (non-hydrogen) atoms. The van der Waals surface area contributed by atoms with E-state index in [2.05, 4.69) is 10.3 Å². The second kappa shape index (κ2) is 6.25. The first kappa shape index (κ1) is 14.7. The molecule has 110 valence electrons.